The van der Waals surface area contributed by atoms with E-state index < -0.39 is 0 Å². The number of hydrogen-bond acceptors (Lipinski definition) is 1. The van der Waals surface area contributed by atoms with Crippen LogP contribution in [0.2, 0.25) is 0 Å². The number of hydrogen-bond donors (Lipinski definition) is 1. The Kier molecular flexibility index (Phi) is 3.48. The van der Waals surface area contributed by atoms with Crippen molar-refractivity contribution in [2.45, 2.75) is 58.4 Å². The molecule has 1 N–H and O–H groups in total. The maximum Gasteiger partial charge on any atom is 0.00978 e. The molecular formula is C13H25N. The van der Waals surface area contributed by atoms with E-state index in [0.29, 0.717) is 0 Å². The summed E-state index contributed by atoms with van der Waals surface area (Å²) in [4.78, 5) is 0. The van der Waals surface area contributed by atoms with Gasteiger partial charge in [-0.05, 0) is 50.0 Å². The summed E-state index contributed by atoms with van der Waals surface area (Å²) in [6.45, 7) is 5.71. The molecule has 4 atom stereocenters. The number of rotatable bonds is 5. The lowest BCUT2D eigenvalue weighted by atomic mass is 9.81. The summed E-state index contributed by atoms with van der Waals surface area (Å²) in [7, 11) is 0. The van der Waals surface area contributed by atoms with Crippen molar-refractivity contribution in [2.75, 3.05) is 6.54 Å². The topological polar surface area (TPSA) is 12.0 Å². The fraction of sp³-hybridized carbons (Fsp3) is 1.00. The standard InChI is InChI=1S/C13H25N/c1-3-5-13(14-4-2)12-9-10-6-7-11(12)8-10/h10-14H,3-9H2,1-2H3. The molecule has 0 saturated heterocycles. The molecule has 0 radical (unpaired) electrons. The van der Waals surface area contributed by atoms with E-state index in [1.165, 1.54) is 32.1 Å². The molecule has 2 aliphatic rings. The Morgan fingerprint density at radius 3 is 2.57 bits per heavy atom. The molecule has 0 spiro atoms. The van der Waals surface area contributed by atoms with E-state index in [1.807, 2.05) is 0 Å². The third kappa shape index (κ3) is 1.98. The molecule has 2 fully saturated rings. The third-order valence-electron chi connectivity index (χ3n) is 4.38. The Hall–Kier alpha value is -0.0400. The highest BCUT2D eigenvalue weighted by molar-refractivity contribution is 4.95. The summed E-state index contributed by atoms with van der Waals surface area (Å²) >= 11 is 0. The van der Waals surface area contributed by atoms with Crippen LogP contribution in [0.3, 0.4) is 0 Å². The van der Waals surface area contributed by atoms with E-state index in [2.05, 4.69) is 19.2 Å². The van der Waals surface area contributed by atoms with E-state index in [4.69, 9.17) is 0 Å². The van der Waals surface area contributed by atoms with Crippen molar-refractivity contribution in [1.29, 1.82) is 0 Å². The molecule has 14 heavy (non-hydrogen) atoms. The molecule has 0 aromatic heterocycles. The summed E-state index contributed by atoms with van der Waals surface area (Å²) in [5.41, 5.74) is 0. The Balaban J connectivity index is 1.90. The van der Waals surface area contributed by atoms with Crippen LogP contribution in [-0.2, 0) is 0 Å². The summed E-state index contributed by atoms with van der Waals surface area (Å²) in [5.74, 6) is 3.20. The molecule has 0 amide bonds. The van der Waals surface area contributed by atoms with Crippen molar-refractivity contribution in [2.24, 2.45) is 17.8 Å². The molecular weight excluding hydrogens is 170 g/mol. The van der Waals surface area contributed by atoms with Crippen molar-refractivity contribution in [3.05, 3.63) is 0 Å². The lowest BCUT2D eigenvalue weighted by Gasteiger charge is -2.31. The number of nitrogens with one attached hydrogen (secondary N) is 1. The summed E-state index contributed by atoms with van der Waals surface area (Å²) in [5, 5.41) is 3.71. The van der Waals surface area contributed by atoms with Gasteiger partial charge in [-0.1, -0.05) is 26.7 Å². The van der Waals surface area contributed by atoms with Crippen molar-refractivity contribution >= 4 is 0 Å². The minimum absolute atomic E-state index is 0.834. The maximum atomic E-state index is 3.71. The van der Waals surface area contributed by atoms with Crippen molar-refractivity contribution < 1.29 is 0 Å². The molecule has 2 saturated carbocycles. The molecule has 82 valence electrons. The van der Waals surface area contributed by atoms with Crippen LogP contribution < -0.4 is 5.32 Å². The van der Waals surface area contributed by atoms with E-state index >= 15 is 0 Å². The van der Waals surface area contributed by atoms with E-state index in [1.54, 1.807) is 6.42 Å². The zero-order valence-corrected chi connectivity index (χ0v) is 9.76. The van der Waals surface area contributed by atoms with Gasteiger partial charge in [0.05, 0.1) is 0 Å². The average Bonchev–Trinajstić information content (AvgIpc) is 2.78. The minimum Gasteiger partial charge on any atom is -0.314 e. The molecule has 0 aliphatic heterocycles. The number of fused-ring (bicyclic) bond motifs is 2. The summed E-state index contributed by atoms with van der Waals surface area (Å²) < 4.78 is 0. The van der Waals surface area contributed by atoms with Crippen LogP contribution in [0.25, 0.3) is 0 Å². The molecule has 0 aromatic carbocycles. The predicted octanol–water partition coefficient (Wildman–Crippen LogP) is 3.20. The first-order chi connectivity index (χ1) is 6.85. The first kappa shape index (κ1) is 10.5. The summed E-state index contributed by atoms with van der Waals surface area (Å²) in [6.07, 6.45) is 8.87. The molecule has 2 bridgehead atoms. The quantitative estimate of drug-likeness (QED) is 0.710. The van der Waals surface area contributed by atoms with Gasteiger partial charge in [-0.25, -0.2) is 0 Å². The average molecular weight is 195 g/mol. The van der Waals surface area contributed by atoms with Crippen LogP contribution in [-0.4, -0.2) is 12.6 Å². The predicted molar refractivity (Wildman–Crippen MR) is 61.3 cm³/mol. The van der Waals surface area contributed by atoms with Gasteiger partial charge in [0.25, 0.3) is 0 Å². The van der Waals surface area contributed by atoms with Crippen molar-refractivity contribution in [3.63, 3.8) is 0 Å². The van der Waals surface area contributed by atoms with Crippen molar-refractivity contribution in [1.82, 2.24) is 5.32 Å². The van der Waals surface area contributed by atoms with Gasteiger partial charge >= 0.3 is 0 Å². The Morgan fingerprint density at radius 2 is 2.07 bits per heavy atom. The Labute approximate surface area is 88.7 Å². The Morgan fingerprint density at radius 1 is 1.21 bits per heavy atom. The zero-order valence-electron chi connectivity index (χ0n) is 9.76. The highest BCUT2D eigenvalue weighted by Crippen LogP contribution is 2.50. The summed E-state index contributed by atoms with van der Waals surface area (Å²) in [6, 6.07) is 0.834. The van der Waals surface area contributed by atoms with E-state index in [-0.39, 0.29) is 0 Å². The second-order valence-electron chi connectivity index (χ2n) is 5.29. The van der Waals surface area contributed by atoms with Crippen LogP contribution in [0.5, 0.6) is 0 Å². The van der Waals surface area contributed by atoms with Crippen LogP contribution in [0, 0.1) is 17.8 Å². The van der Waals surface area contributed by atoms with Crippen LogP contribution in [0.15, 0.2) is 0 Å². The van der Waals surface area contributed by atoms with Crippen LogP contribution >= 0.6 is 0 Å². The molecule has 0 aromatic rings. The van der Waals surface area contributed by atoms with Gasteiger partial charge in [-0.2, -0.15) is 0 Å². The van der Waals surface area contributed by atoms with E-state index in [9.17, 15) is 0 Å². The van der Waals surface area contributed by atoms with Crippen molar-refractivity contribution in [3.8, 4) is 0 Å². The maximum absolute atomic E-state index is 3.71. The second kappa shape index (κ2) is 4.65. The highest BCUT2D eigenvalue weighted by atomic mass is 14.9. The third-order valence-corrected chi connectivity index (χ3v) is 4.38. The normalized spacial score (nSPS) is 37.7. The van der Waals surface area contributed by atoms with Gasteiger partial charge < -0.3 is 5.32 Å². The largest absolute Gasteiger partial charge is 0.314 e. The van der Waals surface area contributed by atoms with Gasteiger partial charge in [0.2, 0.25) is 0 Å². The lowest BCUT2D eigenvalue weighted by molar-refractivity contribution is 0.240. The molecule has 0 heterocycles. The van der Waals surface area contributed by atoms with Gasteiger partial charge in [0.15, 0.2) is 0 Å². The molecule has 1 heteroatoms. The highest BCUT2D eigenvalue weighted by Gasteiger charge is 2.42. The SMILES string of the molecule is CCCC(NCC)C1CC2CCC1C2. The molecule has 4 unspecified atom stereocenters. The zero-order chi connectivity index (χ0) is 9.97. The fourth-order valence-corrected chi connectivity index (χ4v) is 3.83. The first-order valence-electron chi connectivity index (χ1n) is 6.58. The lowest BCUT2D eigenvalue weighted by Crippen LogP contribution is -2.38. The minimum atomic E-state index is 0.834. The smallest absolute Gasteiger partial charge is 0.00978 e. The van der Waals surface area contributed by atoms with Gasteiger partial charge in [-0.15, -0.1) is 0 Å². The fourth-order valence-electron chi connectivity index (χ4n) is 3.83. The first-order valence-corrected chi connectivity index (χ1v) is 6.58. The molecule has 2 aliphatic carbocycles. The van der Waals surface area contributed by atoms with Gasteiger partial charge in [-0.3, -0.25) is 0 Å². The second-order valence-corrected chi connectivity index (χ2v) is 5.29. The van der Waals surface area contributed by atoms with Gasteiger partial charge in [0, 0.05) is 6.04 Å². The van der Waals surface area contributed by atoms with Crippen LogP contribution in [0.4, 0.5) is 0 Å². The van der Waals surface area contributed by atoms with Gasteiger partial charge in [0.1, 0.15) is 0 Å². The Bertz CT molecular complexity index is 172. The van der Waals surface area contributed by atoms with E-state index in [0.717, 1.165) is 30.3 Å². The molecule has 2 rings (SSSR count). The monoisotopic (exact) mass is 195 g/mol. The molecule has 1 nitrogen and oxygen atoms in total. The van der Waals surface area contributed by atoms with Crippen LogP contribution in [0.1, 0.15) is 52.4 Å².